The normalized spacial score (nSPS) is 14.4. The lowest BCUT2D eigenvalue weighted by Gasteiger charge is -2.27. The SMILES string of the molecule is CCOc1c2cc(C(C)(C)C)cc1Cc1cc(C(C)(C)C)cc(c1OCC)CCCc1cc(C(C)(C)C)cc(c1OCC)Cc1cc(C(C)(C)C)cc(c1OCC)CCC2. The van der Waals surface area contributed by atoms with Gasteiger partial charge in [0.1, 0.15) is 23.0 Å². The van der Waals surface area contributed by atoms with Crippen molar-refractivity contribution in [1.82, 2.24) is 0 Å². The van der Waals surface area contributed by atoms with Crippen LogP contribution >= 0.6 is 0 Å². The lowest BCUT2D eigenvalue weighted by molar-refractivity contribution is 0.327. The summed E-state index contributed by atoms with van der Waals surface area (Å²) in [6, 6.07) is 19.4. The van der Waals surface area contributed by atoms with Crippen LogP contribution in [0.5, 0.6) is 23.0 Å². The minimum absolute atomic E-state index is 0.0235. The van der Waals surface area contributed by atoms with Crippen molar-refractivity contribution < 1.29 is 18.9 Å². The van der Waals surface area contributed by atoms with Gasteiger partial charge in [-0.25, -0.2) is 0 Å². The molecule has 0 heterocycles. The topological polar surface area (TPSA) is 36.9 Å². The zero-order valence-corrected chi connectivity index (χ0v) is 40.7. The molecule has 1 aliphatic rings. The fourth-order valence-corrected chi connectivity index (χ4v) is 8.69. The third-order valence-electron chi connectivity index (χ3n) is 12.1. The standard InChI is InChI=1S/C56H80O4/c1-17-57-49-37-23-21-24-38-30-47(55(11,12)13)35-43(51(38)59-19-3)28-44-36-48(56(14,15)16)32-40(52(44)60-20-4)26-22-25-39-31-46(54(8,9)10)34-42(50(39)58-18-2)27-41(49)33-45(29-37)53(5,6)7/h29-36H,17-28H2,1-16H3. The number of aryl methyl sites for hydroxylation is 4. The maximum atomic E-state index is 6.70. The Bertz CT molecular complexity index is 1790. The molecule has 4 heteroatoms. The van der Waals surface area contributed by atoms with E-state index in [1.54, 1.807) is 0 Å². The van der Waals surface area contributed by atoms with Crippen molar-refractivity contribution in [1.29, 1.82) is 0 Å². The Kier molecular flexibility index (Phi) is 14.9. The third kappa shape index (κ3) is 11.3. The molecular formula is C56H80O4. The van der Waals surface area contributed by atoms with Crippen LogP contribution in [0.3, 0.4) is 0 Å². The van der Waals surface area contributed by atoms with Crippen LogP contribution in [-0.2, 0) is 60.2 Å². The fourth-order valence-electron chi connectivity index (χ4n) is 8.69. The van der Waals surface area contributed by atoms with E-state index in [0.29, 0.717) is 26.4 Å². The van der Waals surface area contributed by atoms with Crippen LogP contribution in [0, 0.1) is 0 Å². The number of ether oxygens (including phenoxy) is 4. The van der Waals surface area contributed by atoms with Gasteiger partial charge in [-0.1, -0.05) is 132 Å². The molecule has 0 fully saturated rings. The molecule has 1 aliphatic carbocycles. The van der Waals surface area contributed by atoms with Gasteiger partial charge in [0.05, 0.1) is 26.4 Å². The van der Waals surface area contributed by atoms with Gasteiger partial charge < -0.3 is 18.9 Å². The molecule has 4 nitrogen and oxygen atoms in total. The van der Waals surface area contributed by atoms with Crippen molar-refractivity contribution in [3.05, 3.63) is 115 Å². The highest BCUT2D eigenvalue weighted by molar-refractivity contribution is 5.56. The molecule has 0 spiro atoms. The van der Waals surface area contributed by atoms with Gasteiger partial charge in [-0.05, 0) is 155 Å². The molecule has 0 aromatic heterocycles. The number of hydrogen-bond acceptors (Lipinski definition) is 4. The number of rotatable bonds is 8. The van der Waals surface area contributed by atoms with Gasteiger partial charge in [-0.15, -0.1) is 0 Å². The van der Waals surface area contributed by atoms with E-state index in [-0.39, 0.29) is 21.7 Å². The van der Waals surface area contributed by atoms with Gasteiger partial charge in [0.15, 0.2) is 0 Å². The Morgan fingerprint density at radius 2 is 0.500 bits per heavy atom. The van der Waals surface area contributed by atoms with Gasteiger partial charge in [-0.3, -0.25) is 0 Å². The van der Waals surface area contributed by atoms with Crippen molar-refractivity contribution in [2.24, 2.45) is 0 Å². The average Bonchev–Trinajstić information content (AvgIpc) is 3.13. The van der Waals surface area contributed by atoms with E-state index >= 15 is 0 Å². The summed E-state index contributed by atoms with van der Waals surface area (Å²) in [5.74, 6) is 4.15. The highest BCUT2D eigenvalue weighted by atomic mass is 16.5. The second-order valence-corrected chi connectivity index (χ2v) is 21.3. The monoisotopic (exact) mass is 817 g/mol. The average molecular weight is 817 g/mol. The van der Waals surface area contributed by atoms with Crippen molar-refractivity contribution in [3.8, 4) is 23.0 Å². The van der Waals surface area contributed by atoms with Crippen LogP contribution in [-0.4, -0.2) is 26.4 Å². The highest BCUT2D eigenvalue weighted by Crippen LogP contribution is 2.42. The van der Waals surface area contributed by atoms with Gasteiger partial charge in [0.2, 0.25) is 0 Å². The number of fused-ring (bicyclic) bond motifs is 8. The highest BCUT2D eigenvalue weighted by Gasteiger charge is 2.27. The molecule has 0 unspecified atom stereocenters. The smallest absolute Gasteiger partial charge is 0.126 e. The first kappa shape index (κ1) is 47.1. The van der Waals surface area contributed by atoms with E-state index in [4.69, 9.17) is 18.9 Å². The van der Waals surface area contributed by atoms with E-state index in [1.165, 1.54) is 66.8 Å². The molecule has 60 heavy (non-hydrogen) atoms. The molecule has 5 rings (SSSR count). The molecule has 0 atom stereocenters. The van der Waals surface area contributed by atoms with Gasteiger partial charge >= 0.3 is 0 Å². The summed E-state index contributed by atoms with van der Waals surface area (Å²) in [5.41, 5.74) is 15.4. The Morgan fingerprint density at radius 1 is 0.317 bits per heavy atom. The molecule has 328 valence electrons. The van der Waals surface area contributed by atoms with Crippen molar-refractivity contribution in [3.63, 3.8) is 0 Å². The minimum Gasteiger partial charge on any atom is -0.493 e. The first-order valence-electron chi connectivity index (χ1n) is 23.2. The summed E-state index contributed by atoms with van der Waals surface area (Å²) in [6.45, 7) is 38.9. The summed E-state index contributed by atoms with van der Waals surface area (Å²) in [4.78, 5) is 0. The second-order valence-electron chi connectivity index (χ2n) is 21.3. The van der Waals surface area contributed by atoms with Gasteiger partial charge in [-0.2, -0.15) is 0 Å². The molecule has 0 aliphatic heterocycles. The number of benzene rings is 4. The van der Waals surface area contributed by atoms with Gasteiger partial charge in [0, 0.05) is 12.8 Å². The maximum Gasteiger partial charge on any atom is 0.126 e. The third-order valence-corrected chi connectivity index (χ3v) is 12.1. The first-order valence-corrected chi connectivity index (χ1v) is 23.2. The summed E-state index contributed by atoms with van der Waals surface area (Å²) in [6.07, 6.45) is 7.07. The van der Waals surface area contributed by atoms with Crippen LogP contribution in [0.1, 0.15) is 190 Å². The minimum atomic E-state index is -0.0235. The lowest BCUT2D eigenvalue weighted by Crippen LogP contribution is -2.16. The molecular weight excluding hydrogens is 737 g/mol. The maximum absolute atomic E-state index is 6.70. The van der Waals surface area contributed by atoms with Gasteiger partial charge in [0.25, 0.3) is 0 Å². The van der Waals surface area contributed by atoms with E-state index in [1.807, 2.05) is 0 Å². The Labute approximate surface area is 366 Å². The van der Waals surface area contributed by atoms with E-state index in [0.717, 1.165) is 74.4 Å². The summed E-state index contributed by atoms with van der Waals surface area (Å²) in [5, 5.41) is 0. The number of hydrogen-bond donors (Lipinski definition) is 0. The van der Waals surface area contributed by atoms with Crippen molar-refractivity contribution in [2.45, 2.75) is 184 Å². The van der Waals surface area contributed by atoms with Crippen LogP contribution in [0.2, 0.25) is 0 Å². The Morgan fingerprint density at radius 3 is 0.667 bits per heavy atom. The quantitative estimate of drug-likeness (QED) is 0.177. The molecule has 0 saturated carbocycles. The molecule has 4 aromatic rings. The molecule has 0 N–H and O–H groups in total. The predicted molar refractivity (Wildman–Crippen MR) is 255 cm³/mol. The van der Waals surface area contributed by atoms with Crippen LogP contribution in [0.4, 0.5) is 0 Å². The Hall–Kier alpha value is -3.92. The zero-order valence-electron chi connectivity index (χ0n) is 40.7. The molecule has 4 aromatic carbocycles. The van der Waals surface area contributed by atoms with E-state index in [2.05, 4.69) is 159 Å². The van der Waals surface area contributed by atoms with Crippen molar-refractivity contribution >= 4 is 0 Å². The second kappa shape index (κ2) is 19.0. The van der Waals surface area contributed by atoms with E-state index in [9.17, 15) is 0 Å². The van der Waals surface area contributed by atoms with Crippen LogP contribution in [0.15, 0.2) is 48.5 Å². The fraction of sp³-hybridized carbons (Fsp3) is 0.571. The lowest BCUT2D eigenvalue weighted by atomic mass is 9.80. The largest absolute Gasteiger partial charge is 0.493 e. The first-order chi connectivity index (χ1) is 28.1. The molecule has 0 amide bonds. The summed E-state index contributed by atoms with van der Waals surface area (Å²) < 4.78 is 26.8. The molecule has 8 bridgehead atoms. The molecule has 0 saturated heterocycles. The van der Waals surface area contributed by atoms with Crippen LogP contribution < -0.4 is 18.9 Å². The summed E-state index contributed by atoms with van der Waals surface area (Å²) in [7, 11) is 0. The zero-order chi connectivity index (χ0) is 44.2. The molecule has 0 radical (unpaired) electrons. The summed E-state index contributed by atoms with van der Waals surface area (Å²) >= 11 is 0. The van der Waals surface area contributed by atoms with E-state index < -0.39 is 0 Å². The Balaban J connectivity index is 1.83. The predicted octanol–water partition coefficient (Wildman–Crippen LogP) is 14.3. The van der Waals surface area contributed by atoms with Crippen molar-refractivity contribution in [2.75, 3.05) is 26.4 Å². The van der Waals surface area contributed by atoms with Crippen LogP contribution in [0.25, 0.3) is 0 Å².